The van der Waals surface area contributed by atoms with Gasteiger partial charge in [-0.25, -0.2) is 0 Å². The average Bonchev–Trinajstić information content (AvgIpc) is 2.68. The standard InChI is InChI=1S/C21H25N3O4/c1-16-14-19(8-9-20(16)24(26)27)28-17(2)21(25)23-12-10-22(11-13-23)15-18-6-4-3-5-7-18/h3-9,14,17H,10-13,15H2,1-2H3/t17-/m1/s1. The summed E-state index contributed by atoms with van der Waals surface area (Å²) < 4.78 is 5.74. The molecule has 0 N–H and O–H groups in total. The van der Waals surface area contributed by atoms with Crippen LogP contribution in [-0.4, -0.2) is 52.9 Å². The van der Waals surface area contributed by atoms with Crippen molar-refractivity contribution >= 4 is 11.6 Å². The van der Waals surface area contributed by atoms with Crippen LogP contribution in [0.5, 0.6) is 5.75 Å². The fourth-order valence-corrected chi connectivity index (χ4v) is 3.39. The highest BCUT2D eigenvalue weighted by Crippen LogP contribution is 2.24. The number of hydrogen-bond acceptors (Lipinski definition) is 5. The van der Waals surface area contributed by atoms with E-state index >= 15 is 0 Å². The van der Waals surface area contributed by atoms with Gasteiger partial charge in [-0.15, -0.1) is 0 Å². The van der Waals surface area contributed by atoms with Crippen LogP contribution in [0.4, 0.5) is 5.69 Å². The molecule has 1 heterocycles. The van der Waals surface area contributed by atoms with Gasteiger partial charge in [0.2, 0.25) is 0 Å². The molecule has 1 amide bonds. The van der Waals surface area contributed by atoms with E-state index in [1.807, 2.05) is 23.1 Å². The van der Waals surface area contributed by atoms with Crippen LogP contribution in [0, 0.1) is 17.0 Å². The number of amides is 1. The highest BCUT2D eigenvalue weighted by molar-refractivity contribution is 5.81. The van der Waals surface area contributed by atoms with Crippen molar-refractivity contribution in [2.75, 3.05) is 26.2 Å². The first-order valence-corrected chi connectivity index (χ1v) is 9.41. The summed E-state index contributed by atoms with van der Waals surface area (Å²) in [7, 11) is 0. The van der Waals surface area contributed by atoms with Crippen LogP contribution in [0.2, 0.25) is 0 Å². The summed E-state index contributed by atoms with van der Waals surface area (Å²) in [6, 6.07) is 14.8. The quantitative estimate of drug-likeness (QED) is 0.566. The Morgan fingerprint density at radius 2 is 1.82 bits per heavy atom. The number of nitro benzene ring substituents is 1. The SMILES string of the molecule is Cc1cc(O[C@H](C)C(=O)N2CCN(Cc3ccccc3)CC2)ccc1[N+](=O)[O-]. The molecule has 3 rings (SSSR count). The highest BCUT2D eigenvalue weighted by atomic mass is 16.6. The number of carbonyl (C=O) groups is 1. The van der Waals surface area contributed by atoms with Gasteiger partial charge in [-0.1, -0.05) is 30.3 Å². The van der Waals surface area contributed by atoms with Gasteiger partial charge in [-0.3, -0.25) is 19.8 Å². The summed E-state index contributed by atoms with van der Waals surface area (Å²) in [4.78, 5) is 27.3. The predicted molar refractivity (Wildman–Crippen MR) is 106 cm³/mol. The van der Waals surface area contributed by atoms with Gasteiger partial charge in [0.25, 0.3) is 11.6 Å². The van der Waals surface area contributed by atoms with Gasteiger partial charge < -0.3 is 9.64 Å². The van der Waals surface area contributed by atoms with E-state index in [0.717, 1.165) is 19.6 Å². The van der Waals surface area contributed by atoms with Gasteiger partial charge >= 0.3 is 0 Å². The Kier molecular flexibility index (Phi) is 6.26. The summed E-state index contributed by atoms with van der Waals surface area (Å²) >= 11 is 0. The van der Waals surface area contributed by atoms with E-state index in [-0.39, 0.29) is 11.6 Å². The molecule has 28 heavy (non-hydrogen) atoms. The van der Waals surface area contributed by atoms with E-state index in [9.17, 15) is 14.9 Å². The van der Waals surface area contributed by atoms with Crippen molar-refractivity contribution in [3.05, 3.63) is 69.8 Å². The zero-order valence-electron chi connectivity index (χ0n) is 16.2. The topological polar surface area (TPSA) is 75.9 Å². The number of nitrogens with zero attached hydrogens (tertiary/aromatic N) is 3. The summed E-state index contributed by atoms with van der Waals surface area (Å²) in [5, 5.41) is 10.9. The second-order valence-corrected chi connectivity index (χ2v) is 7.05. The molecule has 0 saturated carbocycles. The summed E-state index contributed by atoms with van der Waals surface area (Å²) in [6.07, 6.45) is -0.637. The number of rotatable bonds is 6. The fourth-order valence-electron chi connectivity index (χ4n) is 3.39. The second kappa shape index (κ2) is 8.84. The van der Waals surface area contributed by atoms with Crippen molar-refractivity contribution in [1.82, 2.24) is 9.80 Å². The van der Waals surface area contributed by atoms with E-state index in [0.29, 0.717) is 24.4 Å². The number of hydrogen-bond donors (Lipinski definition) is 0. The van der Waals surface area contributed by atoms with E-state index in [1.165, 1.54) is 17.7 Å². The Morgan fingerprint density at radius 3 is 2.43 bits per heavy atom. The molecule has 1 atom stereocenters. The Labute approximate surface area is 164 Å². The van der Waals surface area contributed by atoms with Crippen LogP contribution < -0.4 is 4.74 Å². The van der Waals surface area contributed by atoms with E-state index in [2.05, 4.69) is 17.0 Å². The van der Waals surface area contributed by atoms with E-state index in [4.69, 9.17) is 4.74 Å². The molecule has 1 fully saturated rings. The molecule has 0 aromatic heterocycles. The molecule has 0 aliphatic carbocycles. The molecule has 2 aromatic carbocycles. The Balaban J connectivity index is 1.52. The zero-order valence-corrected chi connectivity index (χ0v) is 16.2. The van der Waals surface area contributed by atoms with Crippen molar-refractivity contribution in [2.45, 2.75) is 26.5 Å². The van der Waals surface area contributed by atoms with Crippen molar-refractivity contribution in [3.63, 3.8) is 0 Å². The van der Waals surface area contributed by atoms with E-state index in [1.54, 1.807) is 19.9 Å². The summed E-state index contributed by atoms with van der Waals surface area (Å²) in [5.41, 5.74) is 1.82. The van der Waals surface area contributed by atoms with Gasteiger partial charge in [0.05, 0.1) is 4.92 Å². The third-order valence-electron chi connectivity index (χ3n) is 4.96. The van der Waals surface area contributed by atoms with Crippen LogP contribution in [0.15, 0.2) is 48.5 Å². The number of benzene rings is 2. The van der Waals surface area contributed by atoms with Crippen molar-refractivity contribution in [3.8, 4) is 5.75 Å². The van der Waals surface area contributed by atoms with Gasteiger partial charge in [0.1, 0.15) is 5.75 Å². The Hall–Kier alpha value is -2.93. The average molecular weight is 383 g/mol. The maximum atomic E-state index is 12.7. The van der Waals surface area contributed by atoms with Crippen LogP contribution >= 0.6 is 0 Å². The lowest BCUT2D eigenvalue weighted by Crippen LogP contribution is -2.51. The number of carbonyl (C=O) groups excluding carboxylic acids is 1. The monoisotopic (exact) mass is 383 g/mol. The van der Waals surface area contributed by atoms with E-state index < -0.39 is 11.0 Å². The first-order valence-electron chi connectivity index (χ1n) is 9.41. The predicted octanol–water partition coefficient (Wildman–Crippen LogP) is 3.01. The molecule has 1 aliphatic rings. The molecule has 0 bridgehead atoms. The van der Waals surface area contributed by atoms with Gasteiger partial charge in [-0.05, 0) is 31.5 Å². The molecule has 148 valence electrons. The molecule has 2 aromatic rings. The number of ether oxygens (including phenoxy) is 1. The maximum absolute atomic E-state index is 12.7. The molecule has 1 saturated heterocycles. The Bertz CT molecular complexity index is 833. The van der Waals surface area contributed by atoms with Gasteiger partial charge in [0, 0.05) is 44.4 Å². The number of piperazine rings is 1. The number of nitro groups is 1. The molecule has 1 aliphatic heterocycles. The Morgan fingerprint density at radius 1 is 1.14 bits per heavy atom. The van der Waals surface area contributed by atoms with Crippen LogP contribution in [0.25, 0.3) is 0 Å². The van der Waals surface area contributed by atoms with Crippen molar-refractivity contribution < 1.29 is 14.5 Å². The van der Waals surface area contributed by atoms with Gasteiger partial charge in [-0.2, -0.15) is 0 Å². The fraction of sp³-hybridized carbons (Fsp3) is 0.381. The molecular weight excluding hydrogens is 358 g/mol. The van der Waals surface area contributed by atoms with Gasteiger partial charge in [0.15, 0.2) is 6.10 Å². The van der Waals surface area contributed by atoms with Crippen LogP contribution in [-0.2, 0) is 11.3 Å². The zero-order chi connectivity index (χ0) is 20.1. The molecule has 0 radical (unpaired) electrons. The van der Waals surface area contributed by atoms with Crippen LogP contribution in [0.3, 0.4) is 0 Å². The summed E-state index contributed by atoms with van der Waals surface area (Å²) in [6.45, 7) is 7.24. The lowest BCUT2D eigenvalue weighted by atomic mass is 10.2. The first-order chi connectivity index (χ1) is 13.4. The lowest BCUT2D eigenvalue weighted by molar-refractivity contribution is -0.385. The third-order valence-corrected chi connectivity index (χ3v) is 4.96. The van der Waals surface area contributed by atoms with Crippen LogP contribution in [0.1, 0.15) is 18.1 Å². The summed E-state index contributed by atoms with van der Waals surface area (Å²) in [5.74, 6) is 0.405. The first kappa shape index (κ1) is 19.8. The van der Waals surface area contributed by atoms with Crippen molar-refractivity contribution in [2.24, 2.45) is 0 Å². The smallest absolute Gasteiger partial charge is 0.272 e. The largest absolute Gasteiger partial charge is 0.481 e. The minimum atomic E-state index is -0.637. The minimum Gasteiger partial charge on any atom is -0.481 e. The maximum Gasteiger partial charge on any atom is 0.272 e. The second-order valence-electron chi connectivity index (χ2n) is 7.05. The molecule has 0 spiro atoms. The molecule has 0 unspecified atom stereocenters. The molecule has 7 nitrogen and oxygen atoms in total. The number of aryl methyl sites for hydroxylation is 1. The highest BCUT2D eigenvalue weighted by Gasteiger charge is 2.26. The van der Waals surface area contributed by atoms with Crippen molar-refractivity contribution in [1.29, 1.82) is 0 Å². The molecule has 7 heteroatoms. The normalized spacial score (nSPS) is 15.9. The molecular formula is C21H25N3O4. The lowest BCUT2D eigenvalue weighted by Gasteiger charge is -2.35. The third kappa shape index (κ3) is 4.86. The minimum absolute atomic E-state index is 0.0425.